The number of aliphatic hydroxyl groups is 1. The number of amides is 1. The largest absolute Gasteiger partial charge is 0.497 e. The Morgan fingerprint density at radius 3 is 2.74 bits per heavy atom. The zero-order valence-corrected chi connectivity index (χ0v) is 14.8. The smallest absolute Gasteiger partial charge is 0.424 e. The molecule has 1 unspecified atom stereocenters. The van der Waals surface area contributed by atoms with Gasteiger partial charge in [-0.05, 0) is 23.8 Å². The van der Waals surface area contributed by atoms with Crippen LogP contribution in [0.5, 0.6) is 5.75 Å². The van der Waals surface area contributed by atoms with Crippen molar-refractivity contribution in [3.05, 3.63) is 54.1 Å². The molecule has 27 heavy (non-hydrogen) atoms. The first-order valence-electron chi connectivity index (χ1n) is 8.04. The van der Waals surface area contributed by atoms with Gasteiger partial charge in [-0.3, -0.25) is 4.79 Å². The molecular formula is C18H20F3N3O3. The number of hydrogen-bond acceptors (Lipinski definition) is 4. The molecule has 0 bridgehead atoms. The Hall–Kier alpha value is -2.81. The molecule has 0 fully saturated rings. The number of methoxy groups -OCH3 is 1. The van der Waals surface area contributed by atoms with Crippen LogP contribution in [0.2, 0.25) is 0 Å². The lowest BCUT2D eigenvalue weighted by Crippen LogP contribution is -2.46. The lowest BCUT2D eigenvalue weighted by atomic mass is 9.97. The van der Waals surface area contributed by atoms with Gasteiger partial charge in [0.05, 0.1) is 7.11 Å². The number of benzene rings is 1. The van der Waals surface area contributed by atoms with Gasteiger partial charge in [-0.1, -0.05) is 12.1 Å². The molecule has 0 saturated carbocycles. The predicted molar refractivity (Wildman–Crippen MR) is 92.8 cm³/mol. The number of hydrogen-bond donors (Lipinski definition) is 2. The van der Waals surface area contributed by atoms with Gasteiger partial charge in [-0.15, -0.1) is 0 Å². The van der Waals surface area contributed by atoms with E-state index in [0.717, 1.165) is 4.57 Å². The molecule has 1 heterocycles. The highest BCUT2D eigenvalue weighted by molar-refractivity contribution is 5.91. The van der Waals surface area contributed by atoms with E-state index in [9.17, 15) is 23.1 Å². The third-order valence-electron chi connectivity index (χ3n) is 3.97. The van der Waals surface area contributed by atoms with Crippen molar-refractivity contribution in [2.75, 3.05) is 13.7 Å². The second-order valence-electron chi connectivity index (χ2n) is 5.87. The lowest BCUT2D eigenvalue weighted by molar-refractivity contribution is -0.272. The van der Waals surface area contributed by atoms with E-state index < -0.39 is 29.9 Å². The summed E-state index contributed by atoms with van der Waals surface area (Å²) in [5.41, 5.74) is -2.46. The first kappa shape index (κ1) is 20.5. The van der Waals surface area contributed by atoms with Crippen LogP contribution in [0.3, 0.4) is 0 Å². The van der Waals surface area contributed by atoms with Gasteiger partial charge in [-0.2, -0.15) is 13.2 Å². The fraction of sp³-hybridized carbons (Fsp3) is 0.333. The number of aryl methyl sites for hydroxylation is 1. The quantitative estimate of drug-likeness (QED) is 0.720. The predicted octanol–water partition coefficient (Wildman–Crippen LogP) is 2.40. The number of aromatic nitrogens is 2. The fourth-order valence-electron chi connectivity index (χ4n) is 2.49. The van der Waals surface area contributed by atoms with Gasteiger partial charge in [0.15, 0.2) is 0 Å². The summed E-state index contributed by atoms with van der Waals surface area (Å²) in [6, 6.07) is 6.93. The topological polar surface area (TPSA) is 76.4 Å². The van der Waals surface area contributed by atoms with Gasteiger partial charge < -0.3 is 19.7 Å². The maximum Gasteiger partial charge on any atom is 0.424 e. The Balaban J connectivity index is 1.99. The van der Waals surface area contributed by atoms with Crippen LogP contribution in [-0.2, 0) is 17.4 Å². The van der Waals surface area contributed by atoms with Crippen LogP contribution < -0.4 is 10.1 Å². The van der Waals surface area contributed by atoms with E-state index in [1.165, 1.54) is 38.7 Å². The van der Waals surface area contributed by atoms with E-state index in [2.05, 4.69) is 10.3 Å². The first-order valence-corrected chi connectivity index (χ1v) is 8.04. The zero-order valence-electron chi connectivity index (χ0n) is 14.8. The summed E-state index contributed by atoms with van der Waals surface area (Å²) in [7, 11) is 2.87. The van der Waals surface area contributed by atoms with Crippen LogP contribution in [0.1, 0.15) is 17.8 Å². The number of ether oxygens (including phenoxy) is 1. The number of alkyl halides is 3. The molecule has 146 valence electrons. The average Bonchev–Trinajstić information content (AvgIpc) is 3.05. The van der Waals surface area contributed by atoms with Gasteiger partial charge in [-0.25, -0.2) is 4.98 Å². The molecule has 6 nitrogen and oxygen atoms in total. The van der Waals surface area contributed by atoms with Crippen molar-refractivity contribution in [2.45, 2.75) is 18.2 Å². The molecule has 1 atom stereocenters. The van der Waals surface area contributed by atoms with Crippen molar-refractivity contribution in [3.63, 3.8) is 0 Å². The summed E-state index contributed by atoms with van der Waals surface area (Å²) in [6.07, 6.45) is -0.523. The monoisotopic (exact) mass is 383 g/mol. The minimum atomic E-state index is -4.94. The summed E-state index contributed by atoms with van der Waals surface area (Å²) in [5, 5.41) is 12.5. The van der Waals surface area contributed by atoms with Crippen molar-refractivity contribution in [3.8, 4) is 5.75 Å². The number of nitrogens with one attached hydrogen (secondary N) is 1. The van der Waals surface area contributed by atoms with Crippen molar-refractivity contribution in [1.29, 1.82) is 0 Å². The summed E-state index contributed by atoms with van der Waals surface area (Å²) in [5.74, 6) is -0.499. The van der Waals surface area contributed by atoms with Crippen LogP contribution >= 0.6 is 0 Å². The molecule has 2 aromatic rings. The highest BCUT2D eigenvalue weighted by Gasteiger charge is 2.57. The van der Waals surface area contributed by atoms with Crippen molar-refractivity contribution in [1.82, 2.24) is 14.9 Å². The fourth-order valence-corrected chi connectivity index (χ4v) is 2.49. The van der Waals surface area contributed by atoms with E-state index in [0.29, 0.717) is 11.3 Å². The first-order chi connectivity index (χ1) is 12.7. The highest BCUT2D eigenvalue weighted by Crippen LogP contribution is 2.40. The number of rotatable bonds is 7. The van der Waals surface area contributed by atoms with E-state index >= 15 is 0 Å². The molecule has 0 aliphatic heterocycles. The normalized spacial score (nSPS) is 14.1. The maximum absolute atomic E-state index is 13.4. The second-order valence-corrected chi connectivity index (χ2v) is 5.87. The Labute approximate surface area is 154 Å². The average molecular weight is 383 g/mol. The standard InChI is InChI=1S/C18H20F3N3O3/c1-24-11-10-23-16(24)17(26,18(19,20)21)8-9-22-15(25)7-6-13-4-3-5-14(12-13)27-2/h3-7,10-12,26H,8-9H2,1-2H3,(H,22,25)/b7-6+. The molecule has 0 radical (unpaired) electrons. The molecular weight excluding hydrogens is 363 g/mol. The number of nitrogens with zero attached hydrogens (tertiary/aromatic N) is 2. The third kappa shape index (κ3) is 4.88. The molecule has 1 amide bonds. The Morgan fingerprint density at radius 2 is 2.15 bits per heavy atom. The van der Waals surface area contributed by atoms with E-state index in [-0.39, 0.29) is 6.54 Å². The van der Waals surface area contributed by atoms with E-state index in [4.69, 9.17) is 4.74 Å². The summed E-state index contributed by atoms with van der Waals surface area (Å²) < 4.78 is 46.3. The zero-order chi connectivity index (χ0) is 20.1. The van der Waals surface area contributed by atoms with Crippen molar-refractivity contribution in [2.24, 2.45) is 7.05 Å². The molecule has 1 aromatic carbocycles. The Bertz CT molecular complexity index is 817. The molecule has 0 saturated heterocycles. The van der Waals surface area contributed by atoms with Crippen molar-refractivity contribution >= 4 is 12.0 Å². The van der Waals surface area contributed by atoms with Crippen LogP contribution in [0, 0.1) is 0 Å². The number of carbonyl (C=O) groups is 1. The SMILES string of the molecule is COc1cccc(/C=C/C(=O)NCCC(O)(c2nccn2C)C(F)(F)F)c1. The van der Waals surface area contributed by atoms with Gasteiger partial charge >= 0.3 is 6.18 Å². The van der Waals surface area contributed by atoms with Crippen molar-refractivity contribution < 1.29 is 27.8 Å². The molecule has 1 aromatic heterocycles. The molecule has 9 heteroatoms. The van der Waals surface area contributed by atoms with Gasteiger partial charge in [0.1, 0.15) is 11.6 Å². The number of halogens is 3. The molecule has 2 rings (SSSR count). The maximum atomic E-state index is 13.4. The number of imidazole rings is 1. The van der Waals surface area contributed by atoms with E-state index in [1.807, 2.05) is 0 Å². The second kappa shape index (κ2) is 8.26. The number of carbonyl (C=O) groups excluding carboxylic acids is 1. The molecule has 0 spiro atoms. The van der Waals surface area contributed by atoms with Crippen LogP contribution in [-0.4, -0.2) is 40.4 Å². The Kier molecular flexibility index (Phi) is 6.27. The molecule has 0 aliphatic carbocycles. The van der Waals surface area contributed by atoms with Gasteiger partial charge in [0, 0.05) is 38.5 Å². The van der Waals surface area contributed by atoms with E-state index in [1.54, 1.807) is 24.3 Å². The summed E-state index contributed by atoms with van der Waals surface area (Å²) in [4.78, 5) is 15.4. The lowest BCUT2D eigenvalue weighted by Gasteiger charge is -2.29. The Morgan fingerprint density at radius 1 is 1.41 bits per heavy atom. The van der Waals surface area contributed by atoms with Gasteiger partial charge in [0.25, 0.3) is 0 Å². The molecule has 2 N–H and O–H groups in total. The van der Waals surface area contributed by atoms with Gasteiger partial charge in [0.2, 0.25) is 11.5 Å². The highest BCUT2D eigenvalue weighted by atomic mass is 19.4. The van der Waals surface area contributed by atoms with Crippen LogP contribution in [0.4, 0.5) is 13.2 Å². The minimum Gasteiger partial charge on any atom is -0.497 e. The molecule has 0 aliphatic rings. The minimum absolute atomic E-state index is 0.385. The van der Waals surface area contributed by atoms with Crippen LogP contribution in [0.25, 0.3) is 6.08 Å². The van der Waals surface area contributed by atoms with Crippen LogP contribution in [0.15, 0.2) is 42.7 Å². The summed E-state index contributed by atoms with van der Waals surface area (Å²) >= 11 is 0. The third-order valence-corrected chi connectivity index (χ3v) is 3.97. The summed E-state index contributed by atoms with van der Waals surface area (Å²) in [6.45, 7) is -0.385.